The van der Waals surface area contributed by atoms with E-state index in [4.69, 9.17) is 14.4 Å². The Bertz CT molecular complexity index is 4820. The van der Waals surface area contributed by atoms with E-state index in [0.717, 1.165) is 43.8 Å². The summed E-state index contributed by atoms with van der Waals surface area (Å²) in [4.78, 5) is 13.2. The van der Waals surface area contributed by atoms with Crippen LogP contribution >= 0.6 is 11.3 Å². The zero-order chi connectivity index (χ0) is 52.9. The second-order valence-corrected chi connectivity index (χ2v) is 21.2. The Morgan fingerprint density at radius 1 is 0.338 bits per heavy atom. The van der Waals surface area contributed by atoms with Crippen molar-refractivity contribution in [1.82, 2.24) is 19.5 Å². The number of para-hydroxylation sites is 7. The summed E-state index contributed by atoms with van der Waals surface area (Å²) in [6.07, 6.45) is 0. The van der Waals surface area contributed by atoms with Crippen molar-refractivity contribution in [2.45, 2.75) is 0 Å². The van der Waals surface area contributed by atoms with Gasteiger partial charge in [0.15, 0.2) is 5.58 Å². The molecule has 12 aromatic carbocycles. The predicted molar refractivity (Wildman–Crippen MR) is 335 cm³/mol. The number of aromatic amines is 1. The first-order chi connectivity index (χ1) is 39.6. The van der Waals surface area contributed by atoms with E-state index >= 15 is 0 Å². The maximum atomic E-state index is 6.07. The summed E-state index contributed by atoms with van der Waals surface area (Å²) in [6, 6.07) is 101. The number of hydrogen-bond donors (Lipinski definition) is 1. The molecule has 0 aliphatic rings. The van der Waals surface area contributed by atoms with Gasteiger partial charge < -0.3 is 14.0 Å². The van der Waals surface area contributed by atoms with Crippen molar-refractivity contribution in [2.24, 2.45) is 0 Å². The summed E-state index contributed by atoms with van der Waals surface area (Å²) >= 11 is 1.74. The second kappa shape index (κ2) is 19.9. The molecule has 0 atom stereocenters. The summed E-state index contributed by atoms with van der Waals surface area (Å²) in [5.74, 6) is 0.633. The highest BCUT2D eigenvalue weighted by atomic mass is 32.1. The molecule has 0 fully saturated rings. The van der Waals surface area contributed by atoms with Gasteiger partial charge in [-0.2, -0.15) is 0 Å². The Morgan fingerprint density at radius 3 is 1.46 bits per heavy atom. The van der Waals surface area contributed by atoms with Crippen LogP contribution in [0.25, 0.3) is 148 Å². The van der Waals surface area contributed by atoms with E-state index in [1.54, 1.807) is 11.3 Å². The molecule has 5 nitrogen and oxygen atoms in total. The van der Waals surface area contributed by atoms with Gasteiger partial charge in [0.25, 0.3) is 0 Å². The average molecular weight is 1040 g/mol. The quantitative estimate of drug-likeness (QED) is 0.165. The number of nitrogens with one attached hydrogen (secondary N) is 1. The normalized spacial score (nSPS) is 11.5. The molecule has 0 saturated heterocycles. The standard InChI is InChI=1S/C37H24N2O.C37H24N2S/c1-2-15-29(25-11-8-13-27(23-25)37-39-34-20-5-6-21-35(34)40-37)28(14-1)24-10-7-12-26(22-24)30-17-9-18-32-31-16-3-4-19-33(31)38-36(30)32;1-4-10-34-31(7-1)32-8-2-5-11-35(32)39(34)30-23-21-28(22-24-30)26-15-13-25(14-16-26)27-17-19-29(20-18-27)37-38-33-9-3-6-12-36(33)40-37/h1-23,38H;1-24H. The molecule has 0 spiro atoms. The van der Waals surface area contributed by atoms with E-state index in [-0.39, 0.29) is 0 Å². The van der Waals surface area contributed by atoms with Crippen molar-refractivity contribution in [3.8, 4) is 83.3 Å². The Kier molecular flexibility index (Phi) is 11.6. The van der Waals surface area contributed by atoms with Crippen LogP contribution < -0.4 is 0 Å². The fraction of sp³-hybridized carbons (Fsp3) is 0. The van der Waals surface area contributed by atoms with E-state index in [9.17, 15) is 0 Å². The molecule has 0 radical (unpaired) electrons. The van der Waals surface area contributed by atoms with Gasteiger partial charge >= 0.3 is 0 Å². The largest absolute Gasteiger partial charge is 0.436 e. The fourth-order valence-electron chi connectivity index (χ4n) is 11.4. The zero-order valence-corrected chi connectivity index (χ0v) is 44.1. The van der Waals surface area contributed by atoms with Gasteiger partial charge in [-0.1, -0.05) is 212 Å². The van der Waals surface area contributed by atoms with Gasteiger partial charge in [0, 0.05) is 49.4 Å². The minimum Gasteiger partial charge on any atom is -0.436 e. The number of fused-ring (bicyclic) bond motifs is 8. The van der Waals surface area contributed by atoms with Gasteiger partial charge in [0.2, 0.25) is 5.89 Å². The third-order valence-electron chi connectivity index (χ3n) is 15.4. The molecule has 1 N–H and O–H groups in total. The van der Waals surface area contributed by atoms with E-state index in [2.05, 4.69) is 264 Å². The summed E-state index contributed by atoms with van der Waals surface area (Å²) in [5, 5.41) is 6.12. The first-order valence-corrected chi connectivity index (χ1v) is 27.8. The predicted octanol–water partition coefficient (Wildman–Crippen LogP) is 20.5. The number of oxazole rings is 1. The van der Waals surface area contributed by atoms with Crippen LogP contribution in [0.3, 0.4) is 0 Å². The SMILES string of the molecule is c1cc(-c2nc3ccccc3o2)cc(-c2ccccc2-c2cccc(-c3cccc4c3[nH]c3ccccc34)c2)c1.c1ccc2sc(-c3ccc(-c4ccc(-c5ccc(-n6c7ccccc7c7ccccc76)cc5)cc4)cc3)nc2c1. The fourth-order valence-corrected chi connectivity index (χ4v) is 12.4. The van der Waals surface area contributed by atoms with Gasteiger partial charge in [-0.3, -0.25) is 0 Å². The highest BCUT2D eigenvalue weighted by Crippen LogP contribution is 2.40. The summed E-state index contributed by atoms with van der Waals surface area (Å²) < 4.78 is 9.65. The molecule has 0 saturated carbocycles. The van der Waals surface area contributed by atoms with Crippen LogP contribution in [0.4, 0.5) is 0 Å². The van der Waals surface area contributed by atoms with E-state index in [1.165, 1.54) is 98.6 Å². The van der Waals surface area contributed by atoms with Gasteiger partial charge in [-0.25, -0.2) is 9.97 Å². The lowest BCUT2D eigenvalue weighted by Gasteiger charge is -2.13. The number of rotatable bonds is 8. The van der Waals surface area contributed by atoms with Crippen LogP contribution in [-0.2, 0) is 0 Å². The Hall–Kier alpha value is -10.4. The Morgan fingerprint density at radius 2 is 0.812 bits per heavy atom. The molecule has 16 aromatic rings. The molecule has 4 aromatic heterocycles. The Balaban J connectivity index is 0.000000138. The minimum absolute atomic E-state index is 0.633. The topological polar surface area (TPSA) is 59.6 Å². The molecule has 6 heteroatoms. The van der Waals surface area contributed by atoms with Gasteiger partial charge in [0.05, 0.1) is 26.8 Å². The molecule has 0 aliphatic carbocycles. The summed E-state index contributed by atoms with van der Waals surface area (Å²) in [5.41, 5.74) is 22.7. The van der Waals surface area contributed by atoms with Crippen molar-refractivity contribution in [2.75, 3.05) is 0 Å². The van der Waals surface area contributed by atoms with Crippen LogP contribution in [0.5, 0.6) is 0 Å². The van der Waals surface area contributed by atoms with Crippen molar-refractivity contribution in [3.05, 3.63) is 285 Å². The van der Waals surface area contributed by atoms with E-state index in [1.807, 2.05) is 30.3 Å². The van der Waals surface area contributed by atoms with Gasteiger partial charge in [-0.15, -0.1) is 11.3 Å². The summed E-state index contributed by atoms with van der Waals surface area (Å²) in [6.45, 7) is 0. The molecule has 376 valence electrons. The smallest absolute Gasteiger partial charge is 0.227 e. The van der Waals surface area contributed by atoms with Gasteiger partial charge in [0.1, 0.15) is 10.5 Å². The van der Waals surface area contributed by atoms with E-state index < -0.39 is 0 Å². The molecule has 0 unspecified atom stereocenters. The monoisotopic (exact) mass is 1040 g/mol. The maximum Gasteiger partial charge on any atom is 0.227 e. The lowest BCUT2D eigenvalue weighted by atomic mass is 9.91. The van der Waals surface area contributed by atoms with Crippen molar-refractivity contribution in [1.29, 1.82) is 0 Å². The lowest BCUT2D eigenvalue weighted by Crippen LogP contribution is -1.93. The van der Waals surface area contributed by atoms with Crippen molar-refractivity contribution >= 4 is 76.3 Å². The molecule has 16 rings (SSSR count). The van der Waals surface area contributed by atoms with Crippen molar-refractivity contribution < 1.29 is 4.42 Å². The minimum atomic E-state index is 0.633. The summed E-state index contributed by atoms with van der Waals surface area (Å²) in [7, 11) is 0. The first kappa shape index (κ1) is 46.9. The molecule has 0 amide bonds. The number of benzene rings is 12. The van der Waals surface area contributed by atoms with E-state index in [0.29, 0.717) is 5.89 Å². The molecule has 4 heterocycles. The van der Waals surface area contributed by atoms with Crippen LogP contribution in [0.2, 0.25) is 0 Å². The molecular formula is C74H48N4OS. The number of aromatic nitrogens is 4. The third-order valence-corrected chi connectivity index (χ3v) is 16.4. The highest BCUT2D eigenvalue weighted by molar-refractivity contribution is 7.21. The van der Waals surface area contributed by atoms with Crippen molar-refractivity contribution in [3.63, 3.8) is 0 Å². The van der Waals surface area contributed by atoms with Crippen LogP contribution in [-0.4, -0.2) is 19.5 Å². The first-order valence-electron chi connectivity index (χ1n) is 26.9. The van der Waals surface area contributed by atoms with Gasteiger partial charge in [-0.05, 0) is 123 Å². The second-order valence-electron chi connectivity index (χ2n) is 20.2. The third kappa shape index (κ3) is 8.52. The van der Waals surface area contributed by atoms with Crippen LogP contribution in [0.15, 0.2) is 290 Å². The van der Waals surface area contributed by atoms with Crippen LogP contribution in [0.1, 0.15) is 0 Å². The average Bonchev–Trinajstić information content (AvgIpc) is 4.36. The molecule has 0 bridgehead atoms. The maximum absolute atomic E-state index is 6.07. The number of H-pyrrole nitrogens is 1. The number of hydrogen-bond acceptors (Lipinski definition) is 4. The van der Waals surface area contributed by atoms with Crippen LogP contribution in [0, 0.1) is 0 Å². The Labute approximate surface area is 466 Å². The number of thiazole rings is 1. The molecular weight excluding hydrogens is 993 g/mol. The molecule has 80 heavy (non-hydrogen) atoms. The molecule has 0 aliphatic heterocycles. The lowest BCUT2D eigenvalue weighted by molar-refractivity contribution is 0.620. The highest BCUT2D eigenvalue weighted by Gasteiger charge is 2.16. The zero-order valence-electron chi connectivity index (χ0n) is 43.3. The number of nitrogens with zero attached hydrogens (tertiary/aromatic N) is 3.